The standard InChI is InChI=1S/C17H20N2O2/c1-3-11(2)14-9-13(12-7-5-4-6-8-12)10-15(16(14)20)17(21)19-18/h4-11,20H,3,18H2,1-2H3,(H,19,21). The van der Waals surface area contributed by atoms with Crippen molar-refractivity contribution in [2.75, 3.05) is 0 Å². The van der Waals surface area contributed by atoms with Crippen LogP contribution in [0, 0.1) is 0 Å². The Morgan fingerprint density at radius 2 is 1.90 bits per heavy atom. The van der Waals surface area contributed by atoms with Gasteiger partial charge in [-0.1, -0.05) is 44.2 Å². The number of nitrogen functional groups attached to an aromatic ring is 1. The molecule has 4 nitrogen and oxygen atoms in total. The van der Waals surface area contributed by atoms with Gasteiger partial charge in [0.2, 0.25) is 0 Å². The number of phenolic OH excluding ortho intramolecular Hbond substituents is 1. The number of phenols is 1. The summed E-state index contributed by atoms with van der Waals surface area (Å²) in [6.07, 6.45) is 0.871. The van der Waals surface area contributed by atoms with Crippen molar-refractivity contribution in [3.63, 3.8) is 0 Å². The first-order valence-corrected chi connectivity index (χ1v) is 7.01. The summed E-state index contributed by atoms with van der Waals surface area (Å²) in [6, 6.07) is 13.4. The average molecular weight is 284 g/mol. The molecule has 1 amide bonds. The number of hydrogen-bond donors (Lipinski definition) is 3. The lowest BCUT2D eigenvalue weighted by atomic mass is 9.91. The molecule has 2 rings (SSSR count). The molecule has 0 aliphatic rings. The smallest absolute Gasteiger partial charge is 0.268 e. The molecule has 0 aromatic heterocycles. The summed E-state index contributed by atoms with van der Waals surface area (Å²) in [5.41, 5.74) is 4.94. The molecule has 0 aliphatic heterocycles. The molecule has 1 unspecified atom stereocenters. The van der Waals surface area contributed by atoms with Crippen LogP contribution in [0.15, 0.2) is 42.5 Å². The first-order valence-electron chi connectivity index (χ1n) is 7.01. The topological polar surface area (TPSA) is 75.4 Å². The summed E-state index contributed by atoms with van der Waals surface area (Å²) in [5, 5.41) is 10.3. The van der Waals surface area contributed by atoms with E-state index in [1.54, 1.807) is 6.07 Å². The van der Waals surface area contributed by atoms with Gasteiger partial charge in [0.25, 0.3) is 5.91 Å². The first kappa shape index (κ1) is 15.1. The third-order valence-electron chi connectivity index (χ3n) is 3.77. The zero-order chi connectivity index (χ0) is 15.4. The van der Waals surface area contributed by atoms with Crippen LogP contribution in [0.2, 0.25) is 0 Å². The summed E-state index contributed by atoms with van der Waals surface area (Å²) in [6.45, 7) is 4.07. The van der Waals surface area contributed by atoms with E-state index < -0.39 is 5.91 Å². The predicted molar refractivity (Wildman–Crippen MR) is 83.9 cm³/mol. The third kappa shape index (κ3) is 3.06. The number of amides is 1. The molecule has 0 saturated heterocycles. The van der Waals surface area contributed by atoms with Crippen molar-refractivity contribution in [3.05, 3.63) is 53.6 Å². The normalized spacial score (nSPS) is 12.0. The first-order chi connectivity index (χ1) is 10.1. The summed E-state index contributed by atoms with van der Waals surface area (Å²) in [7, 11) is 0. The maximum atomic E-state index is 11.9. The number of rotatable bonds is 4. The molecule has 1 atom stereocenters. The summed E-state index contributed by atoms with van der Waals surface area (Å²) in [5.74, 6) is 4.88. The van der Waals surface area contributed by atoms with Gasteiger partial charge in [0.05, 0.1) is 5.56 Å². The van der Waals surface area contributed by atoms with Gasteiger partial charge in [-0.05, 0) is 41.2 Å². The van der Waals surface area contributed by atoms with Crippen LogP contribution in [-0.4, -0.2) is 11.0 Å². The Hall–Kier alpha value is -2.33. The predicted octanol–water partition coefficient (Wildman–Crippen LogP) is 3.18. The fourth-order valence-corrected chi connectivity index (χ4v) is 2.30. The van der Waals surface area contributed by atoms with E-state index in [4.69, 9.17) is 5.84 Å². The van der Waals surface area contributed by atoms with Crippen LogP contribution in [0.3, 0.4) is 0 Å². The van der Waals surface area contributed by atoms with Crippen molar-refractivity contribution in [2.24, 2.45) is 5.84 Å². The van der Waals surface area contributed by atoms with Gasteiger partial charge in [-0.2, -0.15) is 0 Å². The van der Waals surface area contributed by atoms with Crippen LogP contribution < -0.4 is 11.3 Å². The second kappa shape index (κ2) is 6.41. The molecule has 2 aromatic carbocycles. The Labute approximate surface area is 124 Å². The van der Waals surface area contributed by atoms with Gasteiger partial charge >= 0.3 is 0 Å². The zero-order valence-electron chi connectivity index (χ0n) is 12.3. The van der Waals surface area contributed by atoms with Crippen LogP contribution in [0.4, 0.5) is 0 Å². The summed E-state index contributed by atoms with van der Waals surface area (Å²) in [4.78, 5) is 11.9. The minimum absolute atomic E-state index is 0.00646. The molecule has 4 heteroatoms. The molecular formula is C17H20N2O2. The Kier molecular flexibility index (Phi) is 4.60. The van der Waals surface area contributed by atoms with E-state index in [1.165, 1.54) is 0 Å². The van der Waals surface area contributed by atoms with Gasteiger partial charge in [-0.15, -0.1) is 0 Å². The van der Waals surface area contributed by atoms with Crippen molar-refractivity contribution in [1.82, 2.24) is 5.43 Å². The van der Waals surface area contributed by atoms with E-state index in [9.17, 15) is 9.90 Å². The van der Waals surface area contributed by atoms with E-state index in [-0.39, 0.29) is 17.2 Å². The second-order valence-electron chi connectivity index (χ2n) is 5.11. The minimum atomic E-state index is -0.491. The SMILES string of the molecule is CCC(C)c1cc(-c2ccccc2)cc(C(=O)NN)c1O. The molecule has 0 radical (unpaired) electrons. The van der Waals surface area contributed by atoms with E-state index in [2.05, 4.69) is 5.43 Å². The van der Waals surface area contributed by atoms with Crippen LogP contribution in [0.5, 0.6) is 5.75 Å². The van der Waals surface area contributed by atoms with Crippen molar-refractivity contribution < 1.29 is 9.90 Å². The maximum absolute atomic E-state index is 11.9. The van der Waals surface area contributed by atoms with E-state index in [0.717, 1.165) is 23.1 Å². The largest absolute Gasteiger partial charge is 0.507 e. The highest BCUT2D eigenvalue weighted by Crippen LogP contribution is 2.35. The van der Waals surface area contributed by atoms with Gasteiger partial charge < -0.3 is 5.11 Å². The summed E-state index contributed by atoms with van der Waals surface area (Å²) >= 11 is 0. The average Bonchev–Trinajstić information content (AvgIpc) is 2.54. The number of benzene rings is 2. The Morgan fingerprint density at radius 1 is 1.24 bits per heavy atom. The maximum Gasteiger partial charge on any atom is 0.268 e. The van der Waals surface area contributed by atoms with Crippen LogP contribution >= 0.6 is 0 Å². The van der Waals surface area contributed by atoms with Crippen molar-refractivity contribution in [1.29, 1.82) is 0 Å². The molecule has 0 heterocycles. The third-order valence-corrected chi connectivity index (χ3v) is 3.77. The molecule has 21 heavy (non-hydrogen) atoms. The summed E-state index contributed by atoms with van der Waals surface area (Å²) < 4.78 is 0. The monoisotopic (exact) mass is 284 g/mol. The molecule has 0 saturated carbocycles. The highest BCUT2D eigenvalue weighted by atomic mass is 16.3. The fourth-order valence-electron chi connectivity index (χ4n) is 2.30. The quantitative estimate of drug-likeness (QED) is 0.458. The zero-order valence-corrected chi connectivity index (χ0v) is 12.3. The molecule has 0 spiro atoms. The number of carbonyl (C=O) groups excluding carboxylic acids is 1. The van der Waals surface area contributed by atoms with Crippen molar-refractivity contribution >= 4 is 5.91 Å². The van der Waals surface area contributed by atoms with Gasteiger partial charge in [-0.25, -0.2) is 5.84 Å². The van der Waals surface area contributed by atoms with Crippen molar-refractivity contribution in [3.8, 4) is 16.9 Å². The molecule has 2 aromatic rings. The highest BCUT2D eigenvalue weighted by molar-refractivity contribution is 5.98. The number of hydrogen-bond acceptors (Lipinski definition) is 3. The Balaban J connectivity index is 2.64. The highest BCUT2D eigenvalue weighted by Gasteiger charge is 2.19. The van der Waals surface area contributed by atoms with Crippen LogP contribution in [0.25, 0.3) is 11.1 Å². The Morgan fingerprint density at radius 3 is 2.48 bits per heavy atom. The minimum Gasteiger partial charge on any atom is -0.507 e. The van der Waals surface area contributed by atoms with E-state index in [0.29, 0.717) is 0 Å². The number of nitrogens with one attached hydrogen (secondary N) is 1. The van der Waals surface area contributed by atoms with E-state index >= 15 is 0 Å². The van der Waals surface area contributed by atoms with Gasteiger partial charge in [0.15, 0.2) is 0 Å². The number of nitrogens with two attached hydrogens (primary N) is 1. The van der Waals surface area contributed by atoms with Gasteiger partial charge in [0.1, 0.15) is 5.75 Å². The number of carbonyl (C=O) groups is 1. The van der Waals surface area contributed by atoms with Crippen molar-refractivity contribution in [2.45, 2.75) is 26.2 Å². The molecule has 110 valence electrons. The van der Waals surface area contributed by atoms with E-state index in [1.807, 2.05) is 50.2 Å². The fraction of sp³-hybridized carbons (Fsp3) is 0.235. The lowest BCUT2D eigenvalue weighted by Crippen LogP contribution is -2.30. The molecule has 4 N–H and O–H groups in total. The molecule has 0 fully saturated rings. The van der Waals surface area contributed by atoms with Gasteiger partial charge in [-0.3, -0.25) is 10.2 Å². The van der Waals surface area contributed by atoms with Crippen LogP contribution in [0.1, 0.15) is 42.1 Å². The number of aromatic hydroxyl groups is 1. The van der Waals surface area contributed by atoms with Crippen LogP contribution in [-0.2, 0) is 0 Å². The van der Waals surface area contributed by atoms with Gasteiger partial charge in [0, 0.05) is 0 Å². The molecule has 0 bridgehead atoms. The molecular weight excluding hydrogens is 264 g/mol. The molecule has 0 aliphatic carbocycles. The Bertz CT molecular complexity index is 639. The lowest BCUT2D eigenvalue weighted by Gasteiger charge is -2.16. The second-order valence-corrected chi connectivity index (χ2v) is 5.11. The lowest BCUT2D eigenvalue weighted by molar-refractivity contribution is 0.0951. The number of hydrazine groups is 1.